The SMILES string of the molecule is COCC(C)CNc1ccccc1SC. The molecule has 0 saturated carbocycles. The first-order chi connectivity index (χ1) is 7.27. The average Bonchev–Trinajstić information content (AvgIpc) is 2.27. The molecule has 0 radical (unpaired) electrons. The van der Waals surface area contributed by atoms with E-state index in [1.54, 1.807) is 18.9 Å². The molecule has 0 heterocycles. The van der Waals surface area contributed by atoms with Crippen LogP contribution in [0.4, 0.5) is 5.69 Å². The topological polar surface area (TPSA) is 21.3 Å². The lowest BCUT2D eigenvalue weighted by atomic mass is 10.2. The first-order valence-corrected chi connectivity index (χ1v) is 6.36. The van der Waals surface area contributed by atoms with Crippen LogP contribution in [0, 0.1) is 5.92 Å². The molecule has 0 spiro atoms. The molecule has 1 atom stereocenters. The molecule has 0 saturated heterocycles. The van der Waals surface area contributed by atoms with Crippen LogP contribution in [0.5, 0.6) is 0 Å². The predicted molar refractivity (Wildman–Crippen MR) is 67.8 cm³/mol. The zero-order valence-electron chi connectivity index (χ0n) is 9.62. The van der Waals surface area contributed by atoms with Crippen LogP contribution in [0.15, 0.2) is 29.2 Å². The van der Waals surface area contributed by atoms with Crippen LogP contribution in [-0.2, 0) is 4.74 Å². The van der Waals surface area contributed by atoms with Gasteiger partial charge in [-0.25, -0.2) is 0 Å². The van der Waals surface area contributed by atoms with E-state index in [9.17, 15) is 0 Å². The molecule has 2 nitrogen and oxygen atoms in total. The van der Waals surface area contributed by atoms with E-state index >= 15 is 0 Å². The Labute approximate surface area is 96.4 Å². The minimum atomic E-state index is 0.532. The summed E-state index contributed by atoms with van der Waals surface area (Å²) in [6.45, 7) is 3.93. The van der Waals surface area contributed by atoms with Crippen LogP contribution < -0.4 is 5.32 Å². The highest BCUT2D eigenvalue weighted by Crippen LogP contribution is 2.24. The first kappa shape index (κ1) is 12.4. The number of methoxy groups -OCH3 is 1. The van der Waals surface area contributed by atoms with Gasteiger partial charge in [-0.2, -0.15) is 0 Å². The van der Waals surface area contributed by atoms with Gasteiger partial charge in [0.1, 0.15) is 0 Å². The number of thioether (sulfide) groups is 1. The Bertz CT molecular complexity index is 291. The quantitative estimate of drug-likeness (QED) is 0.752. The zero-order valence-corrected chi connectivity index (χ0v) is 10.4. The van der Waals surface area contributed by atoms with Crippen LogP contribution in [0.25, 0.3) is 0 Å². The van der Waals surface area contributed by atoms with Gasteiger partial charge in [0.05, 0.1) is 6.61 Å². The molecule has 0 aliphatic carbocycles. The van der Waals surface area contributed by atoms with Crippen LogP contribution in [0.3, 0.4) is 0 Å². The molecule has 0 bridgehead atoms. The van der Waals surface area contributed by atoms with Crippen molar-refractivity contribution < 1.29 is 4.74 Å². The molecule has 3 heteroatoms. The highest BCUT2D eigenvalue weighted by atomic mass is 32.2. The molecule has 1 unspecified atom stereocenters. The normalized spacial score (nSPS) is 12.5. The third-order valence-corrected chi connectivity index (χ3v) is 2.99. The van der Waals surface area contributed by atoms with Crippen molar-refractivity contribution in [1.82, 2.24) is 0 Å². The summed E-state index contributed by atoms with van der Waals surface area (Å²) >= 11 is 1.77. The van der Waals surface area contributed by atoms with Crippen molar-refractivity contribution >= 4 is 17.4 Å². The minimum Gasteiger partial charge on any atom is -0.384 e. The second-order valence-electron chi connectivity index (χ2n) is 3.64. The average molecular weight is 225 g/mol. The van der Waals surface area contributed by atoms with Crippen LogP contribution in [0.2, 0.25) is 0 Å². The maximum Gasteiger partial charge on any atom is 0.0504 e. The lowest BCUT2D eigenvalue weighted by Gasteiger charge is -2.14. The number of anilines is 1. The summed E-state index contributed by atoms with van der Waals surface area (Å²) in [4.78, 5) is 1.29. The predicted octanol–water partition coefficient (Wildman–Crippen LogP) is 3.10. The smallest absolute Gasteiger partial charge is 0.0504 e. The number of hydrogen-bond donors (Lipinski definition) is 1. The molecule has 0 aliphatic heterocycles. The van der Waals surface area contributed by atoms with Crippen molar-refractivity contribution in [2.45, 2.75) is 11.8 Å². The Morgan fingerprint density at radius 3 is 2.80 bits per heavy atom. The fraction of sp³-hybridized carbons (Fsp3) is 0.500. The van der Waals surface area contributed by atoms with E-state index < -0.39 is 0 Å². The van der Waals surface area contributed by atoms with E-state index in [4.69, 9.17) is 4.74 Å². The van der Waals surface area contributed by atoms with Crippen LogP contribution in [0.1, 0.15) is 6.92 Å². The fourth-order valence-corrected chi connectivity index (χ4v) is 1.99. The highest BCUT2D eigenvalue weighted by molar-refractivity contribution is 7.98. The van der Waals surface area contributed by atoms with Crippen molar-refractivity contribution in [1.29, 1.82) is 0 Å². The summed E-state index contributed by atoms with van der Waals surface area (Å²) in [7, 11) is 1.74. The highest BCUT2D eigenvalue weighted by Gasteiger charge is 2.03. The Kier molecular flexibility index (Phi) is 5.58. The van der Waals surface area contributed by atoms with Gasteiger partial charge >= 0.3 is 0 Å². The van der Waals surface area contributed by atoms with Gasteiger partial charge in [0.15, 0.2) is 0 Å². The van der Waals surface area contributed by atoms with Crippen LogP contribution in [-0.4, -0.2) is 26.5 Å². The summed E-state index contributed by atoms with van der Waals surface area (Å²) in [5.41, 5.74) is 1.22. The maximum absolute atomic E-state index is 5.10. The molecular weight excluding hydrogens is 206 g/mol. The van der Waals surface area contributed by atoms with Crippen molar-refractivity contribution in [2.24, 2.45) is 5.92 Å². The lowest BCUT2D eigenvalue weighted by Crippen LogP contribution is -2.16. The second kappa shape index (κ2) is 6.75. The molecule has 84 valence electrons. The summed E-state index contributed by atoms with van der Waals surface area (Å²) < 4.78 is 5.10. The third-order valence-electron chi connectivity index (χ3n) is 2.20. The molecule has 1 rings (SSSR count). The van der Waals surface area contributed by atoms with E-state index in [0.29, 0.717) is 5.92 Å². The van der Waals surface area contributed by atoms with Crippen LogP contribution >= 0.6 is 11.8 Å². The molecule has 1 aromatic rings. The Hall–Kier alpha value is -0.670. The van der Waals surface area contributed by atoms with Gasteiger partial charge < -0.3 is 10.1 Å². The Morgan fingerprint density at radius 2 is 2.13 bits per heavy atom. The number of rotatable bonds is 6. The maximum atomic E-state index is 5.10. The van der Waals surface area contributed by atoms with Gasteiger partial charge in [-0.1, -0.05) is 19.1 Å². The Balaban J connectivity index is 2.49. The number of nitrogens with one attached hydrogen (secondary N) is 1. The monoisotopic (exact) mass is 225 g/mol. The van der Waals surface area contributed by atoms with Gasteiger partial charge in [-0.05, 0) is 24.3 Å². The van der Waals surface area contributed by atoms with Crippen molar-refractivity contribution in [2.75, 3.05) is 31.8 Å². The zero-order chi connectivity index (χ0) is 11.1. The first-order valence-electron chi connectivity index (χ1n) is 5.13. The number of hydrogen-bond acceptors (Lipinski definition) is 3. The largest absolute Gasteiger partial charge is 0.384 e. The van der Waals surface area contributed by atoms with E-state index in [1.165, 1.54) is 10.6 Å². The molecule has 0 aliphatic rings. The summed E-state index contributed by atoms with van der Waals surface area (Å²) in [6.07, 6.45) is 2.10. The van der Waals surface area contributed by atoms with Gasteiger partial charge in [0.2, 0.25) is 0 Å². The Morgan fingerprint density at radius 1 is 1.40 bits per heavy atom. The van der Waals surface area contributed by atoms with E-state index in [-0.39, 0.29) is 0 Å². The number of ether oxygens (including phenoxy) is 1. The van der Waals surface area contributed by atoms with Crippen molar-refractivity contribution in [3.8, 4) is 0 Å². The molecule has 1 N–H and O–H groups in total. The van der Waals surface area contributed by atoms with Gasteiger partial charge in [-0.3, -0.25) is 0 Å². The van der Waals surface area contributed by atoms with Gasteiger partial charge in [-0.15, -0.1) is 11.8 Å². The summed E-state index contributed by atoms with van der Waals surface area (Å²) in [5.74, 6) is 0.532. The molecular formula is C12H19NOS. The van der Waals surface area contributed by atoms with Gasteiger partial charge in [0.25, 0.3) is 0 Å². The van der Waals surface area contributed by atoms with E-state index in [2.05, 4.69) is 42.8 Å². The number of para-hydroxylation sites is 1. The lowest BCUT2D eigenvalue weighted by molar-refractivity contribution is 0.164. The molecule has 0 aromatic heterocycles. The molecule has 1 aromatic carbocycles. The summed E-state index contributed by atoms with van der Waals surface area (Å²) in [5, 5.41) is 3.45. The fourth-order valence-electron chi connectivity index (χ4n) is 1.42. The van der Waals surface area contributed by atoms with E-state index in [1.807, 2.05) is 0 Å². The number of benzene rings is 1. The second-order valence-corrected chi connectivity index (χ2v) is 4.49. The summed E-state index contributed by atoms with van der Waals surface area (Å²) in [6, 6.07) is 8.37. The third kappa shape index (κ3) is 4.14. The van der Waals surface area contributed by atoms with Crippen molar-refractivity contribution in [3.63, 3.8) is 0 Å². The standard InChI is InChI=1S/C12H19NOS/c1-10(9-14-2)8-13-11-6-4-5-7-12(11)15-3/h4-7,10,13H,8-9H2,1-3H3. The molecule has 0 amide bonds. The van der Waals surface area contributed by atoms with Crippen molar-refractivity contribution in [3.05, 3.63) is 24.3 Å². The van der Waals surface area contributed by atoms with E-state index in [0.717, 1.165) is 13.2 Å². The minimum absolute atomic E-state index is 0.532. The van der Waals surface area contributed by atoms with Gasteiger partial charge in [0, 0.05) is 24.2 Å². The molecule has 0 fully saturated rings. The molecule has 15 heavy (non-hydrogen) atoms.